The monoisotopic (exact) mass is 842 g/mol. The van der Waals surface area contributed by atoms with Crippen LogP contribution in [0.15, 0.2) is 146 Å². The van der Waals surface area contributed by atoms with Crippen molar-refractivity contribution in [3.8, 4) is 11.5 Å². The molecule has 0 aliphatic carbocycles. The van der Waals surface area contributed by atoms with E-state index < -0.39 is 6.04 Å². The lowest BCUT2D eigenvalue weighted by atomic mass is 10.1. The van der Waals surface area contributed by atoms with E-state index in [1.54, 1.807) is 41.6 Å². The van der Waals surface area contributed by atoms with Gasteiger partial charge in [0.1, 0.15) is 25.8 Å². The van der Waals surface area contributed by atoms with Crippen LogP contribution in [0.4, 0.5) is 11.4 Å². The lowest BCUT2D eigenvalue weighted by molar-refractivity contribution is -0.119. The molecule has 1 aliphatic heterocycles. The molecule has 7 rings (SSSR count). The third-order valence-corrected chi connectivity index (χ3v) is 10.5. The van der Waals surface area contributed by atoms with Crippen LogP contribution in [-0.4, -0.2) is 69.1 Å². The number of pyridine rings is 2. The molecule has 12 heteroatoms. The molecule has 2 N–H and O–H groups in total. The molecule has 6 aromatic rings. The molecule has 1 fully saturated rings. The van der Waals surface area contributed by atoms with Gasteiger partial charge < -0.3 is 29.9 Å². The van der Waals surface area contributed by atoms with Crippen LogP contribution in [0.5, 0.6) is 11.5 Å². The van der Waals surface area contributed by atoms with E-state index >= 15 is 0 Å². The average molecular weight is 843 g/mol. The van der Waals surface area contributed by atoms with E-state index in [0.717, 1.165) is 35.1 Å². The summed E-state index contributed by atoms with van der Waals surface area (Å²) in [5, 5.41) is 5.90. The van der Waals surface area contributed by atoms with Crippen molar-refractivity contribution in [3.63, 3.8) is 0 Å². The second-order valence-corrected chi connectivity index (χ2v) is 15.1. The van der Waals surface area contributed by atoms with E-state index in [0.29, 0.717) is 55.4 Å². The van der Waals surface area contributed by atoms with Gasteiger partial charge in [-0.25, -0.2) is 9.97 Å². The van der Waals surface area contributed by atoms with Crippen LogP contribution in [-0.2, 0) is 22.8 Å². The summed E-state index contributed by atoms with van der Waals surface area (Å²) in [7, 11) is 0. The summed E-state index contributed by atoms with van der Waals surface area (Å²) in [6.07, 6.45) is 9.83. The predicted molar refractivity (Wildman–Crippen MR) is 244 cm³/mol. The summed E-state index contributed by atoms with van der Waals surface area (Å²) in [5.41, 5.74) is 5.33. The minimum Gasteiger partial charge on any atom is -0.486 e. The fraction of sp³-hybridized carbons (Fsp3) is 0.216. The number of hydrogen-bond donors (Lipinski definition) is 2. The highest BCUT2D eigenvalue weighted by Crippen LogP contribution is 2.26. The van der Waals surface area contributed by atoms with Crippen molar-refractivity contribution in [2.45, 2.75) is 51.9 Å². The molecule has 4 aromatic carbocycles. The fourth-order valence-corrected chi connectivity index (χ4v) is 7.12. The van der Waals surface area contributed by atoms with Crippen LogP contribution in [0, 0.1) is 0 Å². The van der Waals surface area contributed by atoms with Gasteiger partial charge in [0.2, 0.25) is 11.8 Å². The zero-order valence-corrected chi connectivity index (χ0v) is 35.2. The first-order valence-corrected chi connectivity index (χ1v) is 21.2. The number of anilines is 2. The number of nitrogens with one attached hydrogen (secondary N) is 2. The van der Waals surface area contributed by atoms with Crippen molar-refractivity contribution >= 4 is 47.2 Å². The van der Waals surface area contributed by atoms with E-state index in [1.165, 1.54) is 4.90 Å². The van der Waals surface area contributed by atoms with Gasteiger partial charge in [0.05, 0.1) is 0 Å². The molecular formula is C51H50N6O6. The number of amides is 4. The maximum Gasteiger partial charge on any atom is 0.276 e. The van der Waals surface area contributed by atoms with E-state index in [4.69, 9.17) is 9.47 Å². The number of aromatic nitrogens is 2. The van der Waals surface area contributed by atoms with Crippen molar-refractivity contribution in [2.75, 3.05) is 30.3 Å². The number of carbonyl (C=O) groups excluding carboxylic acids is 4. The Hall–Kier alpha value is -7.60. The van der Waals surface area contributed by atoms with Gasteiger partial charge in [-0.15, -0.1) is 0 Å². The highest BCUT2D eigenvalue weighted by Gasteiger charge is 2.36. The molecule has 3 heterocycles. The van der Waals surface area contributed by atoms with Crippen LogP contribution < -0.4 is 20.1 Å². The molecule has 4 amide bonds. The molecule has 1 aliphatic rings. The number of nitrogens with zero attached hydrogens (tertiary/aromatic N) is 4. The summed E-state index contributed by atoms with van der Waals surface area (Å²) in [4.78, 5) is 65.9. The molecule has 2 aromatic heterocycles. The van der Waals surface area contributed by atoms with E-state index in [9.17, 15) is 19.2 Å². The number of hydrogen-bond acceptors (Lipinski definition) is 8. The van der Waals surface area contributed by atoms with Crippen molar-refractivity contribution < 1.29 is 28.7 Å². The average Bonchev–Trinajstić information content (AvgIpc) is 3.83. The molecule has 0 bridgehead atoms. The highest BCUT2D eigenvalue weighted by atomic mass is 16.5. The van der Waals surface area contributed by atoms with Crippen molar-refractivity contribution in [3.05, 3.63) is 179 Å². The lowest BCUT2D eigenvalue weighted by Crippen LogP contribution is -2.43. The molecule has 1 saturated heterocycles. The molecule has 0 unspecified atom stereocenters. The van der Waals surface area contributed by atoms with E-state index in [-0.39, 0.29) is 48.2 Å². The maximum absolute atomic E-state index is 13.7. The molecule has 1 atom stereocenters. The Morgan fingerprint density at radius 1 is 0.683 bits per heavy atom. The molecule has 63 heavy (non-hydrogen) atoms. The SMILES string of the molecule is CCCCN(CC(=O)Nc1ccc(/C=C/c2ccc(NC(=O)[C@@H]3CCCN3C(=O)c3ncccc3OCc3ccccc3)cc2)cc1)C(=O)c1ncccc1OCc1ccccc1. The maximum atomic E-state index is 13.7. The third-order valence-electron chi connectivity index (χ3n) is 10.5. The van der Waals surface area contributed by atoms with Crippen molar-refractivity contribution in [1.29, 1.82) is 0 Å². The normalized spacial score (nSPS) is 13.3. The van der Waals surface area contributed by atoms with Gasteiger partial charge in [-0.2, -0.15) is 0 Å². The first-order valence-electron chi connectivity index (χ1n) is 21.2. The van der Waals surface area contributed by atoms with Gasteiger partial charge in [0.25, 0.3) is 11.8 Å². The second-order valence-electron chi connectivity index (χ2n) is 15.1. The number of unbranched alkanes of at least 4 members (excludes halogenated alkanes) is 1. The zero-order valence-electron chi connectivity index (χ0n) is 35.2. The number of likely N-dealkylation sites (tertiary alicyclic amines) is 1. The number of ether oxygens (including phenoxy) is 2. The zero-order chi connectivity index (χ0) is 43.8. The van der Waals surface area contributed by atoms with Gasteiger partial charge in [-0.05, 0) is 90.0 Å². The molecule has 12 nitrogen and oxygen atoms in total. The largest absolute Gasteiger partial charge is 0.486 e. The molecule has 0 spiro atoms. The minimum absolute atomic E-state index is 0.139. The van der Waals surface area contributed by atoms with Gasteiger partial charge in [-0.3, -0.25) is 19.2 Å². The minimum atomic E-state index is -0.637. The molecule has 0 saturated carbocycles. The lowest BCUT2D eigenvalue weighted by Gasteiger charge is -2.24. The Bertz CT molecular complexity index is 2500. The highest BCUT2D eigenvalue weighted by molar-refractivity contribution is 6.02. The third kappa shape index (κ3) is 12.0. The first kappa shape index (κ1) is 43.5. The summed E-state index contributed by atoms with van der Waals surface area (Å²) >= 11 is 0. The smallest absolute Gasteiger partial charge is 0.276 e. The Morgan fingerprint density at radius 2 is 1.22 bits per heavy atom. The quantitative estimate of drug-likeness (QED) is 0.0818. The Balaban J connectivity index is 0.903. The van der Waals surface area contributed by atoms with Gasteiger partial charge >= 0.3 is 0 Å². The summed E-state index contributed by atoms with van der Waals surface area (Å²) in [5.74, 6) is -0.550. The number of benzene rings is 4. The van der Waals surface area contributed by atoms with Crippen LogP contribution in [0.1, 0.15) is 75.8 Å². The molecule has 320 valence electrons. The van der Waals surface area contributed by atoms with E-state index in [1.807, 2.05) is 128 Å². The first-order chi connectivity index (χ1) is 30.8. The topological polar surface area (TPSA) is 143 Å². The van der Waals surface area contributed by atoms with Gasteiger partial charge in [-0.1, -0.05) is 110 Å². The molecule has 0 radical (unpaired) electrons. The Morgan fingerprint density at radius 3 is 1.79 bits per heavy atom. The second kappa shape index (κ2) is 21.8. The Labute approximate surface area is 367 Å². The standard InChI is InChI=1S/C51H50N6O6/c1-2-3-32-56(50(60)47-44(18-10-30-52-47)62-35-39-13-6-4-7-14-39)34-46(58)54-41-26-22-37(23-27-41)20-21-38-24-28-42(29-25-38)55-49(59)43-17-12-33-57(43)51(61)48-45(19-11-31-53-48)63-36-40-15-8-5-9-16-40/h4-11,13-16,18-31,43H,2-3,12,17,32-36H2,1H3,(H,54,58)(H,55,59)/b21-20+/t43-/m0/s1. The Kier molecular flexibility index (Phi) is 15.0. The van der Waals surface area contributed by atoms with E-state index in [2.05, 4.69) is 20.6 Å². The predicted octanol–water partition coefficient (Wildman–Crippen LogP) is 8.93. The summed E-state index contributed by atoms with van der Waals surface area (Å²) < 4.78 is 12.0. The van der Waals surface area contributed by atoms with Crippen molar-refractivity contribution in [1.82, 2.24) is 19.8 Å². The van der Waals surface area contributed by atoms with Gasteiger partial charge in [0.15, 0.2) is 22.9 Å². The molecular weight excluding hydrogens is 793 g/mol. The summed E-state index contributed by atoms with van der Waals surface area (Å²) in [6, 6.07) is 40.5. The van der Waals surface area contributed by atoms with Crippen LogP contribution in [0.2, 0.25) is 0 Å². The van der Waals surface area contributed by atoms with Crippen molar-refractivity contribution in [2.24, 2.45) is 0 Å². The number of carbonyl (C=O) groups is 4. The van der Waals surface area contributed by atoms with Crippen LogP contribution in [0.3, 0.4) is 0 Å². The number of rotatable bonds is 18. The van der Waals surface area contributed by atoms with Gasteiger partial charge in [0, 0.05) is 36.9 Å². The fourth-order valence-electron chi connectivity index (χ4n) is 7.12. The van der Waals surface area contributed by atoms with Crippen LogP contribution >= 0.6 is 0 Å². The van der Waals surface area contributed by atoms with Crippen LogP contribution in [0.25, 0.3) is 12.2 Å². The summed E-state index contributed by atoms with van der Waals surface area (Å²) in [6.45, 7) is 3.31.